The molecule has 0 spiro atoms. The SMILES string of the molecule is CCC(CC)(CO)Nc1ccc(S(=O)(=O)NC)c(N)c1. The van der Waals surface area contributed by atoms with Crippen molar-refractivity contribution in [2.75, 3.05) is 24.7 Å². The molecule has 0 aliphatic rings. The Morgan fingerprint density at radius 2 is 1.90 bits per heavy atom. The molecule has 0 unspecified atom stereocenters. The molecule has 1 aromatic rings. The van der Waals surface area contributed by atoms with E-state index in [0.717, 1.165) is 12.8 Å². The molecule has 0 bridgehead atoms. The number of nitrogens with one attached hydrogen (secondary N) is 2. The van der Waals surface area contributed by atoms with Gasteiger partial charge >= 0.3 is 0 Å². The van der Waals surface area contributed by atoms with Gasteiger partial charge in [-0.15, -0.1) is 0 Å². The molecule has 6 nitrogen and oxygen atoms in total. The predicted octanol–water partition coefficient (Wildman–Crippen LogP) is 1.14. The molecule has 0 radical (unpaired) electrons. The Morgan fingerprint density at radius 3 is 2.30 bits per heavy atom. The van der Waals surface area contributed by atoms with Gasteiger partial charge in [-0.2, -0.15) is 0 Å². The minimum atomic E-state index is -3.56. The smallest absolute Gasteiger partial charge is 0.242 e. The summed E-state index contributed by atoms with van der Waals surface area (Å²) in [7, 11) is -2.22. The van der Waals surface area contributed by atoms with Crippen LogP contribution in [0.15, 0.2) is 23.1 Å². The lowest BCUT2D eigenvalue weighted by molar-refractivity contribution is 0.202. The average molecular weight is 301 g/mol. The number of benzene rings is 1. The van der Waals surface area contributed by atoms with Gasteiger partial charge in [0, 0.05) is 5.69 Å². The van der Waals surface area contributed by atoms with Gasteiger partial charge in [0.15, 0.2) is 0 Å². The van der Waals surface area contributed by atoms with Gasteiger partial charge in [0.25, 0.3) is 0 Å². The molecular weight excluding hydrogens is 278 g/mol. The Morgan fingerprint density at radius 1 is 1.30 bits per heavy atom. The largest absolute Gasteiger partial charge is 0.398 e. The van der Waals surface area contributed by atoms with Crippen LogP contribution < -0.4 is 15.8 Å². The summed E-state index contributed by atoms with van der Waals surface area (Å²) >= 11 is 0. The monoisotopic (exact) mass is 301 g/mol. The van der Waals surface area contributed by atoms with Gasteiger partial charge < -0.3 is 16.2 Å². The third-order valence-electron chi connectivity index (χ3n) is 3.63. The molecule has 0 fully saturated rings. The minimum Gasteiger partial charge on any atom is -0.398 e. The molecule has 1 rings (SSSR count). The molecule has 0 aromatic heterocycles. The molecule has 0 amide bonds. The highest BCUT2D eigenvalue weighted by Crippen LogP contribution is 2.26. The Labute approximate surface area is 120 Å². The van der Waals surface area contributed by atoms with Crippen molar-refractivity contribution >= 4 is 21.4 Å². The third-order valence-corrected chi connectivity index (χ3v) is 5.12. The lowest BCUT2D eigenvalue weighted by Crippen LogP contribution is -2.40. The Bertz CT molecular complexity index is 546. The maximum atomic E-state index is 11.7. The first-order valence-electron chi connectivity index (χ1n) is 6.56. The van der Waals surface area contributed by atoms with E-state index in [-0.39, 0.29) is 17.2 Å². The van der Waals surface area contributed by atoms with Crippen molar-refractivity contribution in [3.8, 4) is 0 Å². The van der Waals surface area contributed by atoms with Crippen LogP contribution in [0.2, 0.25) is 0 Å². The molecule has 20 heavy (non-hydrogen) atoms. The minimum absolute atomic E-state index is 0.00350. The zero-order valence-corrected chi connectivity index (χ0v) is 12.9. The topological polar surface area (TPSA) is 104 Å². The Kier molecular flexibility index (Phi) is 5.38. The molecule has 0 aliphatic heterocycles. The van der Waals surface area contributed by atoms with Crippen LogP contribution >= 0.6 is 0 Å². The number of hydrogen-bond acceptors (Lipinski definition) is 5. The van der Waals surface area contributed by atoms with E-state index in [1.165, 1.54) is 13.1 Å². The number of anilines is 2. The highest BCUT2D eigenvalue weighted by molar-refractivity contribution is 7.89. The van der Waals surface area contributed by atoms with Crippen molar-refractivity contribution in [2.24, 2.45) is 0 Å². The molecule has 0 heterocycles. The lowest BCUT2D eigenvalue weighted by atomic mass is 9.93. The molecule has 0 saturated carbocycles. The summed E-state index contributed by atoms with van der Waals surface area (Å²) in [6, 6.07) is 4.67. The first-order valence-corrected chi connectivity index (χ1v) is 8.04. The fourth-order valence-corrected chi connectivity index (χ4v) is 2.81. The normalized spacial score (nSPS) is 12.4. The van der Waals surface area contributed by atoms with Gasteiger partial charge in [-0.1, -0.05) is 13.8 Å². The number of aliphatic hydroxyl groups is 1. The average Bonchev–Trinajstić information content (AvgIpc) is 2.44. The zero-order valence-electron chi connectivity index (χ0n) is 12.1. The molecule has 0 aliphatic carbocycles. The quantitative estimate of drug-likeness (QED) is 0.565. The van der Waals surface area contributed by atoms with E-state index < -0.39 is 15.6 Å². The van der Waals surface area contributed by atoms with Crippen molar-refractivity contribution < 1.29 is 13.5 Å². The fraction of sp³-hybridized carbons (Fsp3) is 0.538. The summed E-state index contributed by atoms with van der Waals surface area (Å²) in [5.41, 5.74) is 6.24. The maximum absolute atomic E-state index is 11.7. The second-order valence-corrected chi connectivity index (χ2v) is 6.59. The van der Waals surface area contributed by atoms with Crippen molar-refractivity contribution in [1.29, 1.82) is 0 Å². The third kappa shape index (κ3) is 3.41. The molecule has 0 saturated heterocycles. The van der Waals surface area contributed by atoms with Crippen molar-refractivity contribution in [3.05, 3.63) is 18.2 Å². The second-order valence-electron chi connectivity index (χ2n) is 4.73. The predicted molar refractivity (Wildman–Crippen MR) is 81.1 cm³/mol. The molecule has 5 N–H and O–H groups in total. The van der Waals surface area contributed by atoms with Crippen LogP contribution in [0.5, 0.6) is 0 Å². The number of nitrogen functional groups attached to an aromatic ring is 1. The van der Waals surface area contributed by atoms with Gasteiger partial charge in [0.05, 0.1) is 17.8 Å². The molecule has 0 atom stereocenters. The summed E-state index contributed by atoms with van der Waals surface area (Å²) in [4.78, 5) is 0.0492. The number of rotatable bonds is 7. The van der Waals surface area contributed by atoms with E-state index in [0.29, 0.717) is 5.69 Å². The zero-order chi connectivity index (χ0) is 15.4. The van der Waals surface area contributed by atoms with Crippen LogP contribution in [-0.4, -0.2) is 32.7 Å². The number of hydrogen-bond donors (Lipinski definition) is 4. The van der Waals surface area contributed by atoms with Gasteiger partial charge in [0.1, 0.15) is 4.90 Å². The lowest BCUT2D eigenvalue weighted by Gasteiger charge is -2.32. The number of aliphatic hydroxyl groups excluding tert-OH is 1. The van der Waals surface area contributed by atoms with E-state index in [9.17, 15) is 13.5 Å². The van der Waals surface area contributed by atoms with Gasteiger partial charge in [0.2, 0.25) is 10.0 Å². The second kappa shape index (κ2) is 6.43. The van der Waals surface area contributed by atoms with E-state index in [4.69, 9.17) is 5.73 Å². The highest BCUT2D eigenvalue weighted by atomic mass is 32.2. The van der Waals surface area contributed by atoms with Crippen molar-refractivity contribution in [3.63, 3.8) is 0 Å². The van der Waals surface area contributed by atoms with Crippen LogP contribution in [0.4, 0.5) is 11.4 Å². The fourth-order valence-electron chi connectivity index (χ4n) is 1.98. The van der Waals surface area contributed by atoms with Gasteiger partial charge in [-0.25, -0.2) is 13.1 Å². The molecular formula is C13H23N3O3S. The van der Waals surface area contributed by atoms with Crippen LogP contribution in [0, 0.1) is 0 Å². The van der Waals surface area contributed by atoms with Crippen LogP contribution in [-0.2, 0) is 10.0 Å². The summed E-state index contributed by atoms with van der Waals surface area (Å²) in [6.07, 6.45) is 1.49. The van der Waals surface area contributed by atoms with Crippen LogP contribution in [0.3, 0.4) is 0 Å². The number of sulfonamides is 1. The maximum Gasteiger partial charge on any atom is 0.242 e. The van der Waals surface area contributed by atoms with Crippen LogP contribution in [0.1, 0.15) is 26.7 Å². The summed E-state index contributed by atoms with van der Waals surface area (Å²) in [5, 5.41) is 12.8. The Balaban J connectivity index is 3.11. The summed E-state index contributed by atoms with van der Waals surface area (Å²) in [5.74, 6) is 0. The van der Waals surface area contributed by atoms with Crippen molar-refractivity contribution in [2.45, 2.75) is 37.1 Å². The number of nitrogens with two attached hydrogens (primary N) is 1. The molecule has 7 heteroatoms. The Hall–Kier alpha value is -1.31. The van der Waals surface area contributed by atoms with Gasteiger partial charge in [-0.05, 0) is 38.1 Å². The van der Waals surface area contributed by atoms with E-state index >= 15 is 0 Å². The van der Waals surface area contributed by atoms with E-state index in [2.05, 4.69) is 10.0 Å². The van der Waals surface area contributed by atoms with Gasteiger partial charge in [-0.3, -0.25) is 0 Å². The highest BCUT2D eigenvalue weighted by Gasteiger charge is 2.25. The first-order chi connectivity index (χ1) is 9.34. The summed E-state index contributed by atoms with van der Waals surface area (Å²) in [6.45, 7) is 3.96. The molecule has 1 aromatic carbocycles. The van der Waals surface area contributed by atoms with E-state index in [1.807, 2.05) is 13.8 Å². The van der Waals surface area contributed by atoms with E-state index in [1.54, 1.807) is 12.1 Å². The molecule has 114 valence electrons. The van der Waals surface area contributed by atoms with Crippen molar-refractivity contribution in [1.82, 2.24) is 4.72 Å². The first kappa shape index (κ1) is 16.7. The van der Waals surface area contributed by atoms with Crippen LogP contribution in [0.25, 0.3) is 0 Å². The summed E-state index contributed by atoms with van der Waals surface area (Å²) < 4.78 is 25.7. The standard InChI is InChI=1S/C13H23N3O3S/c1-4-13(5-2,9-17)16-10-6-7-12(11(14)8-10)20(18,19)15-3/h6-8,15-17H,4-5,9,14H2,1-3H3.